The third-order valence-electron chi connectivity index (χ3n) is 3.24. The van der Waals surface area contributed by atoms with Gasteiger partial charge < -0.3 is 15.8 Å². The molecule has 4 nitrogen and oxygen atoms in total. The highest BCUT2D eigenvalue weighted by atomic mass is 16.5. The maximum Gasteiger partial charge on any atom is 0.237 e. The van der Waals surface area contributed by atoms with Crippen LogP contribution in [0.3, 0.4) is 0 Å². The van der Waals surface area contributed by atoms with Crippen molar-refractivity contribution in [2.24, 2.45) is 11.7 Å². The molecule has 1 fully saturated rings. The van der Waals surface area contributed by atoms with Gasteiger partial charge in [0.25, 0.3) is 0 Å². The molecular formula is C12H24N2O2. The second-order valence-electron chi connectivity index (χ2n) is 5.51. The average molecular weight is 228 g/mol. The van der Waals surface area contributed by atoms with E-state index < -0.39 is 5.54 Å². The molecule has 1 heterocycles. The Morgan fingerprint density at radius 1 is 1.50 bits per heavy atom. The van der Waals surface area contributed by atoms with E-state index in [1.54, 1.807) is 0 Å². The summed E-state index contributed by atoms with van der Waals surface area (Å²) in [6.45, 7) is 8.73. The van der Waals surface area contributed by atoms with E-state index >= 15 is 0 Å². The monoisotopic (exact) mass is 228 g/mol. The van der Waals surface area contributed by atoms with Gasteiger partial charge in [0, 0.05) is 12.6 Å². The molecule has 2 atom stereocenters. The summed E-state index contributed by atoms with van der Waals surface area (Å²) in [6, 6.07) is 0.323. The molecule has 1 saturated heterocycles. The van der Waals surface area contributed by atoms with Gasteiger partial charge in [-0.3, -0.25) is 4.79 Å². The molecule has 1 amide bonds. The SMILES string of the molecule is CC(C)C1CC(NC(C)(C)C(N)=O)CCO1. The zero-order chi connectivity index (χ0) is 12.3. The number of primary amides is 1. The van der Waals surface area contributed by atoms with Crippen LogP contribution < -0.4 is 11.1 Å². The summed E-state index contributed by atoms with van der Waals surface area (Å²) in [5.74, 6) is 0.210. The molecule has 0 saturated carbocycles. The van der Waals surface area contributed by atoms with Gasteiger partial charge in [0.1, 0.15) is 0 Å². The Morgan fingerprint density at radius 3 is 2.62 bits per heavy atom. The molecule has 94 valence electrons. The lowest BCUT2D eigenvalue weighted by Crippen LogP contribution is -2.56. The van der Waals surface area contributed by atoms with Gasteiger partial charge in [-0.15, -0.1) is 0 Å². The number of nitrogens with two attached hydrogens (primary N) is 1. The quantitative estimate of drug-likeness (QED) is 0.755. The van der Waals surface area contributed by atoms with Gasteiger partial charge in [-0.1, -0.05) is 13.8 Å². The highest BCUT2D eigenvalue weighted by Gasteiger charge is 2.31. The standard InChI is InChI=1S/C12H24N2O2/c1-8(2)10-7-9(5-6-16-10)14-12(3,4)11(13)15/h8-10,14H,5-7H2,1-4H3,(H2,13,15). The van der Waals surface area contributed by atoms with E-state index in [2.05, 4.69) is 19.2 Å². The summed E-state index contributed by atoms with van der Waals surface area (Å²) < 4.78 is 5.69. The van der Waals surface area contributed by atoms with Gasteiger partial charge in [0.2, 0.25) is 5.91 Å². The second kappa shape index (κ2) is 5.15. The van der Waals surface area contributed by atoms with E-state index in [1.807, 2.05) is 13.8 Å². The Balaban J connectivity index is 2.52. The van der Waals surface area contributed by atoms with Crippen molar-refractivity contribution in [1.29, 1.82) is 0 Å². The van der Waals surface area contributed by atoms with Gasteiger partial charge in [-0.2, -0.15) is 0 Å². The summed E-state index contributed by atoms with van der Waals surface area (Å²) in [5.41, 5.74) is 4.71. The number of hydrogen-bond acceptors (Lipinski definition) is 3. The third-order valence-corrected chi connectivity index (χ3v) is 3.24. The van der Waals surface area contributed by atoms with Gasteiger partial charge in [0.05, 0.1) is 11.6 Å². The smallest absolute Gasteiger partial charge is 0.237 e. The molecule has 0 aromatic carbocycles. The van der Waals surface area contributed by atoms with E-state index in [0.717, 1.165) is 19.4 Å². The molecule has 0 radical (unpaired) electrons. The molecule has 1 aliphatic heterocycles. The Labute approximate surface area is 97.9 Å². The van der Waals surface area contributed by atoms with Crippen LogP contribution in [0.25, 0.3) is 0 Å². The molecular weight excluding hydrogens is 204 g/mol. The largest absolute Gasteiger partial charge is 0.378 e. The number of rotatable bonds is 4. The van der Waals surface area contributed by atoms with Crippen LogP contribution in [0.1, 0.15) is 40.5 Å². The number of hydrogen-bond donors (Lipinski definition) is 2. The van der Waals surface area contributed by atoms with Crippen molar-refractivity contribution in [3.63, 3.8) is 0 Å². The topological polar surface area (TPSA) is 64.3 Å². The van der Waals surface area contributed by atoms with Gasteiger partial charge in [-0.25, -0.2) is 0 Å². The zero-order valence-electron chi connectivity index (χ0n) is 10.7. The minimum atomic E-state index is -0.635. The minimum Gasteiger partial charge on any atom is -0.378 e. The summed E-state index contributed by atoms with van der Waals surface area (Å²) in [6.07, 6.45) is 2.18. The van der Waals surface area contributed by atoms with Crippen molar-refractivity contribution in [2.45, 2.75) is 58.2 Å². The van der Waals surface area contributed by atoms with E-state index in [4.69, 9.17) is 10.5 Å². The van der Waals surface area contributed by atoms with Gasteiger partial charge in [-0.05, 0) is 32.6 Å². The van der Waals surface area contributed by atoms with Crippen LogP contribution in [-0.4, -0.2) is 30.2 Å². The lowest BCUT2D eigenvalue weighted by molar-refractivity contribution is -0.124. The predicted molar refractivity (Wildman–Crippen MR) is 64.0 cm³/mol. The fourth-order valence-corrected chi connectivity index (χ4v) is 2.01. The Kier molecular flexibility index (Phi) is 4.33. The summed E-state index contributed by atoms with van der Waals surface area (Å²) in [4.78, 5) is 11.2. The number of carbonyl (C=O) groups is 1. The van der Waals surface area contributed by atoms with Crippen LogP contribution in [0.4, 0.5) is 0 Å². The van der Waals surface area contributed by atoms with E-state index in [9.17, 15) is 4.79 Å². The van der Waals surface area contributed by atoms with E-state index in [0.29, 0.717) is 12.0 Å². The molecule has 0 aromatic heterocycles. The molecule has 4 heteroatoms. The molecule has 0 aliphatic carbocycles. The summed E-state index contributed by atoms with van der Waals surface area (Å²) in [5, 5.41) is 3.32. The third kappa shape index (κ3) is 3.46. The van der Waals surface area contributed by atoms with Crippen molar-refractivity contribution in [3.8, 4) is 0 Å². The van der Waals surface area contributed by atoms with Crippen LogP contribution in [-0.2, 0) is 9.53 Å². The van der Waals surface area contributed by atoms with Crippen molar-refractivity contribution in [1.82, 2.24) is 5.32 Å². The van der Waals surface area contributed by atoms with E-state index in [-0.39, 0.29) is 12.0 Å². The second-order valence-corrected chi connectivity index (χ2v) is 5.51. The number of carbonyl (C=O) groups excluding carboxylic acids is 1. The number of amides is 1. The first kappa shape index (κ1) is 13.5. The van der Waals surface area contributed by atoms with Crippen LogP contribution >= 0.6 is 0 Å². The van der Waals surface area contributed by atoms with Gasteiger partial charge in [0.15, 0.2) is 0 Å². The lowest BCUT2D eigenvalue weighted by Gasteiger charge is -2.36. The molecule has 0 aromatic rings. The zero-order valence-corrected chi connectivity index (χ0v) is 10.7. The Bertz CT molecular complexity index is 251. The fourth-order valence-electron chi connectivity index (χ4n) is 2.01. The van der Waals surface area contributed by atoms with Crippen molar-refractivity contribution in [2.75, 3.05) is 6.61 Å². The summed E-state index contributed by atoms with van der Waals surface area (Å²) in [7, 11) is 0. The average Bonchev–Trinajstić information content (AvgIpc) is 2.17. The first-order valence-electron chi connectivity index (χ1n) is 6.02. The molecule has 2 unspecified atom stereocenters. The first-order chi connectivity index (χ1) is 7.33. The minimum absolute atomic E-state index is 0.287. The lowest BCUT2D eigenvalue weighted by atomic mass is 9.93. The molecule has 3 N–H and O–H groups in total. The maximum absolute atomic E-state index is 11.2. The highest BCUT2D eigenvalue weighted by molar-refractivity contribution is 5.83. The van der Waals surface area contributed by atoms with Crippen molar-refractivity contribution < 1.29 is 9.53 Å². The highest BCUT2D eigenvalue weighted by Crippen LogP contribution is 2.21. The number of ether oxygens (including phenoxy) is 1. The Hall–Kier alpha value is -0.610. The normalized spacial score (nSPS) is 27.1. The van der Waals surface area contributed by atoms with Crippen molar-refractivity contribution >= 4 is 5.91 Å². The predicted octanol–water partition coefficient (Wildman–Crippen LogP) is 1.04. The van der Waals surface area contributed by atoms with Crippen molar-refractivity contribution in [3.05, 3.63) is 0 Å². The van der Waals surface area contributed by atoms with Crippen LogP contribution in [0.15, 0.2) is 0 Å². The first-order valence-corrected chi connectivity index (χ1v) is 6.02. The number of nitrogens with one attached hydrogen (secondary N) is 1. The van der Waals surface area contributed by atoms with Gasteiger partial charge >= 0.3 is 0 Å². The molecule has 16 heavy (non-hydrogen) atoms. The molecule has 1 rings (SSSR count). The molecule has 0 spiro atoms. The van der Waals surface area contributed by atoms with Crippen LogP contribution in [0.5, 0.6) is 0 Å². The molecule has 1 aliphatic rings. The van der Waals surface area contributed by atoms with Crippen LogP contribution in [0, 0.1) is 5.92 Å². The Morgan fingerprint density at radius 2 is 2.12 bits per heavy atom. The molecule has 0 bridgehead atoms. The fraction of sp³-hybridized carbons (Fsp3) is 0.917. The summed E-state index contributed by atoms with van der Waals surface area (Å²) >= 11 is 0. The maximum atomic E-state index is 11.2. The van der Waals surface area contributed by atoms with Crippen LogP contribution in [0.2, 0.25) is 0 Å². The van der Waals surface area contributed by atoms with E-state index in [1.165, 1.54) is 0 Å².